The highest BCUT2D eigenvalue weighted by atomic mass is 16.5. The average molecular weight is 387 g/mol. The number of amides is 1. The predicted molar refractivity (Wildman–Crippen MR) is 98.6 cm³/mol. The van der Waals surface area contributed by atoms with Gasteiger partial charge in [-0.3, -0.25) is 9.59 Å². The molecule has 1 N–H and O–H groups in total. The minimum absolute atomic E-state index is 0.0230. The van der Waals surface area contributed by atoms with Gasteiger partial charge in [0.25, 0.3) is 5.91 Å². The van der Waals surface area contributed by atoms with E-state index < -0.39 is 23.5 Å². The van der Waals surface area contributed by atoms with Crippen molar-refractivity contribution in [3.05, 3.63) is 59.3 Å². The van der Waals surface area contributed by atoms with E-state index in [4.69, 9.17) is 18.6 Å². The Balaban J connectivity index is 2.16. The van der Waals surface area contributed by atoms with Gasteiger partial charge in [-0.1, -0.05) is 0 Å². The van der Waals surface area contributed by atoms with E-state index in [0.29, 0.717) is 17.1 Å². The molecule has 2 heterocycles. The van der Waals surface area contributed by atoms with Crippen molar-refractivity contribution in [2.75, 3.05) is 34.5 Å². The number of rotatable bonds is 8. The van der Waals surface area contributed by atoms with E-state index in [1.807, 2.05) is 0 Å². The Morgan fingerprint density at radius 1 is 1.21 bits per heavy atom. The summed E-state index contributed by atoms with van der Waals surface area (Å²) in [6.07, 6.45) is 1.35. The molecule has 0 saturated heterocycles. The molecule has 0 aliphatic carbocycles. The van der Waals surface area contributed by atoms with Crippen molar-refractivity contribution in [2.24, 2.45) is 0 Å². The fourth-order valence-corrected chi connectivity index (χ4v) is 3.22. The Bertz CT molecular complexity index is 901. The monoisotopic (exact) mass is 387 g/mol. The zero-order valence-corrected chi connectivity index (χ0v) is 15.8. The molecular weight excluding hydrogens is 366 g/mol. The van der Waals surface area contributed by atoms with Gasteiger partial charge in [-0.2, -0.15) is 0 Å². The Kier molecular flexibility index (Phi) is 5.70. The van der Waals surface area contributed by atoms with Gasteiger partial charge in [0.05, 0.1) is 38.7 Å². The van der Waals surface area contributed by atoms with Crippen LogP contribution in [0.5, 0.6) is 11.5 Å². The molecule has 1 aliphatic rings. The highest BCUT2D eigenvalue weighted by Gasteiger charge is 2.45. The van der Waals surface area contributed by atoms with Crippen LogP contribution in [0.3, 0.4) is 0 Å². The number of furan rings is 1. The van der Waals surface area contributed by atoms with Gasteiger partial charge in [-0.05, 0) is 30.3 Å². The number of ketones is 1. The Morgan fingerprint density at radius 3 is 2.61 bits per heavy atom. The Labute approximate surface area is 161 Å². The molecular formula is C20H21NO7. The first-order valence-electron chi connectivity index (χ1n) is 8.56. The molecule has 8 nitrogen and oxygen atoms in total. The van der Waals surface area contributed by atoms with Crippen LogP contribution in [-0.2, 0) is 9.53 Å². The van der Waals surface area contributed by atoms with Crippen molar-refractivity contribution in [2.45, 2.75) is 6.04 Å². The second-order valence-electron chi connectivity index (χ2n) is 6.07. The van der Waals surface area contributed by atoms with Gasteiger partial charge in [-0.25, -0.2) is 0 Å². The number of carbonyl (C=O) groups is 2. The van der Waals surface area contributed by atoms with E-state index in [-0.39, 0.29) is 24.5 Å². The van der Waals surface area contributed by atoms with Crippen LogP contribution >= 0.6 is 0 Å². The molecule has 1 aliphatic heterocycles. The molecule has 0 saturated carbocycles. The Hall–Kier alpha value is -3.26. The largest absolute Gasteiger partial charge is 0.503 e. The van der Waals surface area contributed by atoms with Gasteiger partial charge in [0.1, 0.15) is 11.5 Å². The van der Waals surface area contributed by atoms with Crippen molar-refractivity contribution in [3.63, 3.8) is 0 Å². The second kappa shape index (κ2) is 8.18. The van der Waals surface area contributed by atoms with Crippen LogP contribution in [0.4, 0.5) is 0 Å². The average Bonchev–Trinajstić information content (AvgIpc) is 3.33. The molecule has 3 rings (SSSR count). The van der Waals surface area contributed by atoms with Crippen LogP contribution in [0.2, 0.25) is 0 Å². The van der Waals surface area contributed by atoms with Crippen molar-refractivity contribution in [1.29, 1.82) is 0 Å². The smallest absolute Gasteiger partial charge is 0.290 e. The van der Waals surface area contributed by atoms with Crippen LogP contribution in [0.25, 0.3) is 0 Å². The quantitative estimate of drug-likeness (QED) is 0.695. The minimum atomic E-state index is -0.884. The first-order valence-corrected chi connectivity index (χ1v) is 8.56. The number of hydrogen-bond donors (Lipinski definition) is 1. The molecule has 2 aromatic rings. The molecule has 0 bridgehead atoms. The molecule has 1 aromatic carbocycles. The van der Waals surface area contributed by atoms with E-state index in [1.165, 1.54) is 38.6 Å². The molecule has 28 heavy (non-hydrogen) atoms. The summed E-state index contributed by atoms with van der Waals surface area (Å²) < 4.78 is 21.0. The van der Waals surface area contributed by atoms with Gasteiger partial charge < -0.3 is 28.6 Å². The molecule has 0 fully saturated rings. The third-order valence-corrected chi connectivity index (χ3v) is 4.56. The Morgan fingerprint density at radius 2 is 2.00 bits per heavy atom. The fraction of sp³-hybridized carbons (Fsp3) is 0.300. The highest BCUT2D eigenvalue weighted by molar-refractivity contribution is 6.15. The molecule has 148 valence electrons. The van der Waals surface area contributed by atoms with Gasteiger partial charge >= 0.3 is 0 Å². The van der Waals surface area contributed by atoms with Crippen LogP contribution in [0, 0.1) is 0 Å². The van der Waals surface area contributed by atoms with Crippen LogP contribution < -0.4 is 9.47 Å². The maximum Gasteiger partial charge on any atom is 0.290 e. The SMILES string of the molecule is COCCN1C(=O)C(O)=C(C(=O)c2ccco2)C1c1cc(OC)ccc1OC. The van der Waals surface area contributed by atoms with E-state index in [2.05, 4.69) is 0 Å². The highest BCUT2D eigenvalue weighted by Crippen LogP contribution is 2.43. The molecule has 8 heteroatoms. The lowest BCUT2D eigenvalue weighted by molar-refractivity contribution is -0.130. The standard InChI is InChI=1S/C20H21NO7/c1-25-10-8-21-17(13-11-12(26-2)6-7-14(13)27-3)16(19(23)20(21)24)18(22)15-5-4-9-28-15/h4-7,9,11,17,23H,8,10H2,1-3H3. The van der Waals surface area contributed by atoms with Crippen LogP contribution in [0.15, 0.2) is 52.3 Å². The van der Waals surface area contributed by atoms with E-state index >= 15 is 0 Å². The van der Waals surface area contributed by atoms with E-state index in [0.717, 1.165) is 0 Å². The van der Waals surface area contributed by atoms with Crippen molar-refractivity contribution < 1.29 is 33.3 Å². The third-order valence-electron chi connectivity index (χ3n) is 4.56. The van der Waals surface area contributed by atoms with Gasteiger partial charge in [-0.15, -0.1) is 0 Å². The fourth-order valence-electron chi connectivity index (χ4n) is 3.22. The van der Waals surface area contributed by atoms with Crippen molar-refractivity contribution in [1.82, 2.24) is 4.90 Å². The number of Topliss-reactive ketones (excluding diaryl/α,β-unsaturated/α-hetero) is 1. The third kappa shape index (κ3) is 3.34. The molecule has 1 aromatic heterocycles. The van der Waals surface area contributed by atoms with Gasteiger partial charge in [0, 0.05) is 19.2 Å². The summed E-state index contributed by atoms with van der Waals surface area (Å²) in [5.41, 5.74) is 0.424. The van der Waals surface area contributed by atoms with E-state index in [9.17, 15) is 14.7 Å². The lowest BCUT2D eigenvalue weighted by Gasteiger charge is -2.27. The number of hydrogen-bond acceptors (Lipinski definition) is 7. The molecule has 1 unspecified atom stereocenters. The predicted octanol–water partition coefficient (Wildman–Crippen LogP) is 2.52. The summed E-state index contributed by atoms with van der Waals surface area (Å²) in [7, 11) is 4.50. The number of aliphatic hydroxyl groups excluding tert-OH is 1. The summed E-state index contributed by atoms with van der Waals surface area (Å²) in [6.45, 7) is 0.392. The lowest BCUT2D eigenvalue weighted by atomic mass is 9.94. The molecule has 1 atom stereocenters. The maximum atomic E-state index is 13.0. The maximum absolute atomic E-state index is 13.0. The molecule has 0 radical (unpaired) electrons. The zero-order chi connectivity index (χ0) is 20.3. The van der Waals surface area contributed by atoms with Crippen LogP contribution in [-0.4, -0.2) is 56.2 Å². The number of aliphatic hydroxyl groups is 1. The van der Waals surface area contributed by atoms with E-state index in [1.54, 1.807) is 24.3 Å². The summed E-state index contributed by atoms with van der Waals surface area (Å²) >= 11 is 0. The van der Waals surface area contributed by atoms with Gasteiger partial charge in [0.2, 0.25) is 5.78 Å². The first kappa shape index (κ1) is 19.5. The number of benzene rings is 1. The molecule has 1 amide bonds. The summed E-state index contributed by atoms with van der Waals surface area (Å²) in [5, 5.41) is 10.5. The van der Waals surface area contributed by atoms with Gasteiger partial charge in [0.15, 0.2) is 11.5 Å². The number of nitrogens with zero attached hydrogens (tertiary/aromatic N) is 1. The van der Waals surface area contributed by atoms with Crippen molar-refractivity contribution in [3.8, 4) is 11.5 Å². The molecule has 0 spiro atoms. The number of methoxy groups -OCH3 is 3. The summed E-state index contributed by atoms with van der Waals surface area (Å²) in [4.78, 5) is 27.1. The van der Waals surface area contributed by atoms with Crippen LogP contribution in [0.1, 0.15) is 22.2 Å². The number of carbonyl (C=O) groups excluding carboxylic acids is 2. The lowest BCUT2D eigenvalue weighted by Crippen LogP contribution is -2.34. The number of ether oxygens (including phenoxy) is 3. The zero-order valence-electron chi connectivity index (χ0n) is 15.8. The summed E-state index contributed by atoms with van der Waals surface area (Å²) in [5.74, 6) is -0.874. The topological polar surface area (TPSA) is 98.4 Å². The first-order chi connectivity index (χ1) is 13.5. The minimum Gasteiger partial charge on any atom is -0.503 e. The second-order valence-corrected chi connectivity index (χ2v) is 6.07. The summed E-state index contributed by atoms with van der Waals surface area (Å²) in [6, 6.07) is 7.21. The van der Waals surface area contributed by atoms with Crippen molar-refractivity contribution >= 4 is 11.7 Å². The normalized spacial score (nSPS) is 16.6.